The number of fused-ring (bicyclic) bond motifs is 11. The fourth-order valence-corrected chi connectivity index (χ4v) is 9.78. The third kappa shape index (κ3) is 8.44. The lowest BCUT2D eigenvalue weighted by Gasteiger charge is -2.25. The molecule has 0 radical (unpaired) electrons. The second-order valence-corrected chi connectivity index (χ2v) is 15.4. The number of allylic oxidation sites excluding steroid dienone is 2. The Morgan fingerprint density at radius 3 is 1.17 bits per heavy atom. The Labute approximate surface area is 269 Å². The fraction of sp³-hybridized carbons (Fsp3) is 0.263. The van der Waals surface area contributed by atoms with Crippen LogP contribution in [-0.2, 0) is 23.0 Å². The van der Waals surface area contributed by atoms with Gasteiger partial charge in [-0.2, -0.15) is 47.0 Å². The van der Waals surface area contributed by atoms with Gasteiger partial charge in [-0.1, -0.05) is 121 Å². The number of benzene rings is 4. The van der Waals surface area contributed by atoms with Crippen molar-refractivity contribution in [3.63, 3.8) is 0 Å². The third-order valence-corrected chi connectivity index (χ3v) is 12.4. The summed E-state index contributed by atoms with van der Waals surface area (Å²) in [6, 6.07) is 37.0. The van der Waals surface area contributed by atoms with Gasteiger partial charge in [0.25, 0.3) is 0 Å². The van der Waals surface area contributed by atoms with Crippen LogP contribution in [0.25, 0.3) is 12.2 Å². The Bertz CT molecular complexity index is 1410. The van der Waals surface area contributed by atoms with Crippen LogP contribution in [-0.4, -0.2) is 23.0 Å². The van der Waals surface area contributed by atoms with Crippen molar-refractivity contribution >= 4 is 59.2 Å². The van der Waals surface area contributed by atoms with Crippen molar-refractivity contribution in [3.05, 3.63) is 154 Å². The van der Waals surface area contributed by atoms with Gasteiger partial charge < -0.3 is 0 Å². The van der Waals surface area contributed by atoms with Gasteiger partial charge in [0.05, 0.1) is 0 Å². The van der Waals surface area contributed by atoms with Crippen molar-refractivity contribution in [2.75, 3.05) is 23.0 Å². The Balaban J connectivity index is 1.48. The molecule has 0 saturated carbocycles. The van der Waals surface area contributed by atoms with Gasteiger partial charge in [0.2, 0.25) is 0 Å². The van der Waals surface area contributed by atoms with E-state index in [-0.39, 0.29) is 11.8 Å². The van der Waals surface area contributed by atoms with Crippen LogP contribution >= 0.6 is 47.0 Å². The number of thioether (sulfide) groups is 4. The van der Waals surface area contributed by atoms with E-state index in [2.05, 4.69) is 145 Å². The summed E-state index contributed by atoms with van der Waals surface area (Å²) in [6.07, 6.45) is 9.67. The molecular weight excluding hydrogens is 585 g/mol. The van der Waals surface area contributed by atoms with Crippen LogP contribution in [0.5, 0.6) is 0 Å². The highest BCUT2D eigenvalue weighted by Gasteiger charge is 2.22. The van der Waals surface area contributed by atoms with Gasteiger partial charge in [0.15, 0.2) is 0 Å². The SMILES string of the molecule is C1=C/[C@@H]2c3cccc(c3)CSCCSCc3cccc(c3)[C@@H]2/C=C/c2cccc(c2)CSCCSCc2cccc/1c2. The summed E-state index contributed by atoms with van der Waals surface area (Å²) in [7, 11) is 0. The van der Waals surface area contributed by atoms with E-state index in [1.54, 1.807) is 0 Å². The molecule has 0 aliphatic carbocycles. The Hall–Kier alpha value is -2.24. The summed E-state index contributed by atoms with van der Waals surface area (Å²) in [5.41, 5.74) is 11.0. The van der Waals surface area contributed by atoms with Crippen molar-refractivity contribution in [3.8, 4) is 0 Å². The summed E-state index contributed by atoms with van der Waals surface area (Å²) in [5, 5.41) is 0. The number of rotatable bonds is 0. The van der Waals surface area contributed by atoms with Crippen molar-refractivity contribution in [1.82, 2.24) is 0 Å². The largest absolute Gasteiger partial charge is 0.156 e. The van der Waals surface area contributed by atoms with Gasteiger partial charge in [-0.05, 0) is 44.5 Å². The smallest absolute Gasteiger partial charge is 0.0185 e. The van der Waals surface area contributed by atoms with Crippen LogP contribution in [0.3, 0.4) is 0 Å². The van der Waals surface area contributed by atoms with Crippen molar-refractivity contribution in [2.45, 2.75) is 34.8 Å². The predicted molar refractivity (Wildman–Crippen MR) is 194 cm³/mol. The molecule has 0 nitrogen and oxygen atoms in total. The second kappa shape index (κ2) is 15.5. The molecular formula is C38H38S4. The van der Waals surface area contributed by atoms with E-state index >= 15 is 0 Å². The van der Waals surface area contributed by atoms with E-state index in [0.717, 1.165) is 23.0 Å². The van der Waals surface area contributed by atoms with Crippen LogP contribution in [0.15, 0.2) is 109 Å². The summed E-state index contributed by atoms with van der Waals surface area (Å²) < 4.78 is 0. The van der Waals surface area contributed by atoms with E-state index in [9.17, 15) is 0 Å². The average molecular weight is 623 g/mol. The van der Waals surface area contributed by atoms with Crippen molar-refractivity contribution in [1.29, 1.82) is 0 Å². The van der Waals surface area contributed by atoms with Crippen LogP contribution in [0, 0.1) is 0 Å². The van der Waals surface area contributed by atoms with Crippen molar-refractivity contribution in [2.24, 2.45) is 0 Å². The van der Waals surface area contributed by atoms with E-state index in [1.165, 1.54) is 67.5 Å². The van der Waals surface area contributed by atoms with Crippen LogP contribution in [0.2, 0.25) is 0 Å². The molecule has 0 fully saturated rings. The molecule has 42 heavy (non-hydrogen) atoms. The summed E-state index contributed by atoms with van der Waals surface area (Å²) in [6.45, 7) is 0. The molecule has 0 saturated heterocycles. The molecule has 214 valence electrons. The number of hydrogen-bond acceptors (Lipinski definition) is 4. The van der Waals surface area contributed by atoms with Gasteiger partial charge >= 0.3 is 0 Å². The summed E-state index contributed by atoms with van der Waals surface area (Å²) in [4.78, 5) is 0. The second-order valence-electron chi connectivity index (χ2n) is 11.0. The predicted octanol–water partition coefficient (Wildman–Crippen LogP) is 10.9. The Kier molecular flexibility index (Phi) is 11.0. The van der Waals surface area contributed by atoms with E-state index in [4.69, 9.17) is 0 Å². The Morgan fingerprint density at radius 2 is 0.762 bits per heavy atom. The molecule has 2 atom stereocenters. The zero-order chi connectivity index (χ0) is 28.4. The first-order chi connectivity index (χ1) is 20.8. The highest BCUT2D eigenvalue weighted by atomic mass is 32.2. The monoisotopic (exact) mass is 622 g/mol. The lowest BCUT2D eigenvalue weighted by molar-refractivity contribution is 0.741. The lowest BCUT2D eigenvalue weighted by Crippen LogP contribution is -2.09. The van der Waals surface area contributed by atoms with Crippen molar-refractivity contribution < 1.29 is 0 Å². The lowest BCUT2D eigenvalue weighted by atomic mass is 9.79. The fourth-order valence-electron chi connectivity index (χ4n) is 5.66. The normalized spacial score (nSPS) is 21.5. The van der Waals surface area contributed by atoms with Gasteiger partial charge in [-0.3, -0.25) is 0 Å². The van der Waals surface area contributed by atoms with Gasteiger partial charge in [0, 0.05) is 57.9 Å². The maximum Gasteiger partial charge on any atom is 0.0185 e. The minimum absolute atomic E-state index is 0.215. The molecule has 8 bridgehead atoms. The molecule has 0 amide bonds. The minimum Gasteiger partial charge on any atom is -0.156 e. The van der Waals surface area contributed by atoms with E-state index in [1.807, 2.05) is 23.5 Å². The summed E-state index contributed by atoms with van der Waals surface area (Å²) >= 11 is 8.20. The third-order valence-electron chi connectivity index (χ3n) is 7.77. The van der Waals surface area contributed by atoms with Gasteiger partial charge in [-0.15, -0.1) is 0 Å². The first kappa shape index (κ1) is 29.8. The summed E-state index contributed by atoms with van der Waals surface area (Å²) in [5.74, 6) is 9.45. The molecule has 0 spiro atoms. The first-order valence-electron chi connectivity index (χ1n) is 14.8. The van der Waals surface area contributed by atoms with Crippen LogP contribution in [0.4, 0.5) is 0 Å². The maximum atomic E-state index is 2.47. The van der Waals surface area contributed by atoms with E-state index < -0.39 is 0 Å². The molecule has 2 heterocycles. The van der Waals surface area contributed by atoms with Gasteiger partial charge in [0.1, 0.15) is 0 Å². The molecule has 4 aromatic carbocycles. The average Bonchev–Trinajstić information content (AvgIpc) is 3.02. The first-order valence-corrected chi connectivity index (χ1v) is 19.4. The molecule has 2 aliphatic rings. The minimum atomic E-state index is 0.215. The molecule has 0 unspecified atom stereocenters. The molecule has 0 N–H and O–H groups in total. The zero-order valence-electron chi connectivity index (χ0n) is 24.0. The standard InChI is InChI=1S/C38H38S4/c1-5-29-13-15-37-35-11-3-9-33(23-35)27-41-19-20-42-28-34-10-4-12-36(24-34)38(37)16-14-30-6-2-8-32(22-30)26-40-18-17-39-25-31(7-1)21-29/h1-16,21-24,37-38H,17-20,25-28H2/b15-13+,16-14+/t37-,38+. The zero-order valence-corrected chi connectivity index (χ0v) is 27.3. The number of hydrogen-bond donors (Lipinski definition) is 0. The topological polar surface area (TPSA) is 0 Å². The van der Waals surface area contributed by atoms with E-state index in [0.29, 0.717) is 0 Å². The quantitative estimate of drug-likeness (QED) is 0.191. The molecule has 0 aromatic heterocycles. The maximum absolute atomic E-state index is 2.47. The highest BCUT2D eigenvalue weighted by Crippen LogP contribution is 2.38. The highest BCUT2D eigenvalue weighted by molar-refractivity contribution is 8.02. The van der Waals surface area contributed by atoms with Crippen LogP contribution < -0.4 is 0 Å². The molecule has 4 aromatic rings. The molecule has 4 heteroatoms. The Morgan fingerprint density at radius 1 is 0.405 bits per heavy atom. The van der Waals surface area contributed by atoms with Gasteiger partial charge in [-0.25, -0.2) is 0 Å². The molecule has 6 rings (SSSR count). The van der Waals surface area contributed by atoms with Crippen LogP contribution in [0.1, 0.15) is 56.3 Å². The molecule has 2 aliphatic heterocycles.